The molecule has 1 aliphatic carbocycles. The van der Waals surface area contributed by atoms with Gasteiger partial charge in [-0.2, -0.15) is 0 Å². The Hall–Kier alpha value is -1.31. The van der Waals surface area contributed by atoms with Crippen LogP contribution in [0.5, 0.6) is 0 Å². The number of amides is 1. The second-order valence-electron chi connectivity index (χ2n) is 7.90. The molecule has 1 saturated carbocycles. The number of aryl methyl sites for hydroxylation is 1. The highest BCUT2D eigenvalue weighted by atomic mass is 127. The molecule has 3 rings (SSSR count). The number of halogens is 1. The minimum Gasteiger partial charge on any atom is -0.357 e. The van der Waals surface area contributed by atoms with E-state index < -0.39 is 0 Å². The van der Waals surface area contributed by atoms with Gasteiger partial charge in [-0.3, -0.25) is 9.79 Å². The Labute approximate surface area is 186 Å². The van der Waals surface area contributed by atoms with E-state index in [1.54, 1.807) is 0 Å². The van der Waals surface area contributed by atoms with Crippen LogP contribution in [0, 0.1) is 12.8 Å². The Morgan fingerprint density at radius 1 is 1.25 bits per heavy atom. The largest absolute Gasteiger partial charge is 0.357 e. The molecule has 156 valence electrons. The Morgan fingerprint density at radius 2 is 2.04 bits per heavy atom. The molecule has 0 aromatic heterocycles. The van der Waals surface area contributed by atoms with Crippen LogP contribution in [-0.4, -0.2) is 49.0 Å². The van der Waals surface area contributed by atoms with Gasteiger partial charge in [-0.1, -0.05) is 42.7 Å². The molecule has 1 saturated heterocycles. The van der Waals surface area contributed by atoms with Crippen molar-refractivity contribution in [2.24, 2.45) is 10.9 Å². The minimum absolute atomic E-state index is 0. The third kappa shape index (κ3) is 6.64. The number of carbonyl (C=O) groups is 1. The molecule has 0 radical (unpaired) electrons. The molecule has 6 heteroatoms. The van der Waals surface area contributed by atoms with Crippen molar-refractivity contribution in [2.45, 2.75) is 58.4 Å². The molecule has 1 atom stereocenters. The maximum atomic E-state index is 12.6. The van der Waals surface area contributed by atoms with Crippen LogP contribution in [0.2, 0.25) is 0 Å². The summed E-state index contributed by atoms with van der Waals surface area (Å²) in [5, 5.41) is 6.88. The van der Waals surface area contributed by atoms with Crippen LogP contribution in [-0.2, 0) is 11.2 Å². The molecule has 2 fully saturated rings. The average molecular weight is 498 g/mol. The molecule has 1 aromatic rings. The van der Waals surface area contributed by atoms with Crippen molar-refractivity contribution in [3.05, 3.63) is 35.4 Å². The monoisotopic (exact) mass is 498 g/mol. The van der Waals surface area contributed by atoms with Crippen LogP contribution in [0.4, 0.5) is 0 Å². The van der Waals surface area contributed by atoms with Crippen LogP contribution in [0.3, 0.4) is 0 Å². The molecule has 0 bridgehead atoms. The summed E-state index contributed by atoms with van der Waals surface area (Å²) in [5.74, 6) is 1.52. The number of hydrogen-bond donors (Lipinski definition) is 2. The highest BCUT2D eigenvalue weighted by Gasteiger charge is 2.32. The lowest BCUT2D eigenvalue weighted by atomic mass is 10.1. The second kappa shape index (κ2) is 11.6. The topological polar surface area (TPSA) is 56.7 Å². The van der Waals surface area contributed by atoms with E-state index in [0.717, 1.165) is 57.8 Å². The van der Waals surface area contributed by atoms with Crippen LogP contribution < -0.4 is 10.6 Å². The molecule has 1 amide bonds. The summed E-state index contributed by atoms with van der Waals surface area (Å²) in [6.45, 7) is 7.48. The van der Waals surface area contributed by atoms with Crippen molar-refractivity contribution in [3.8, 4) is 0 Å². The summed E-state index contributed by atoms with van der Waals surface area (Å²) in [4.78, 5) is 19.4. The van der Waals surface area contributed by atoms with E-state index in [0.29, 0.717) is 11.9 Å². The van der Waals surface area contributed by atoms with Gasteiger partial charge in [0.25, 0.3) is 0 Å². The average Bonchev–Trinajstić information content (AvgIpc) is 3.33. The number of guanidine groups is 1. The van der Waals surface area contributed by atoms with Crippen molar-refractivity contribution >= 4 is 35.8 Å². The predicted octanol–water partition coefficient (Wildman–Crippen LogP) is 3.50. The van der Waals surface area contributed by atoms with Crippen LogP contribution in [0.25, 0.3) is 0 Å². The van der Waals surface area contributed by atoms with E-state index in [-0.39, 0.29) is 29.9 Å². The molecule has 2 N–H and O–H groups in total. The fourth-order valence-corrected chi connectivity index (χ4v) is 4.19. The van der Waals surface area contributed by atoms with Crippen molar-refractivity contribution in [1.82, 2.24) is 15.5 Å². The SMILES string of the molecule is CCNC(=NCCc1cccc(C)c1)NC1CCN(C(=O)C2CCCC2)C1.I. The van der Waals surface area contributed by atoms with E-state index in [9.17, 15) is 4.79 Å². The Morgan fingerprint density at radius 3 is 2.75 bits per heavy atom. The molecule has 1 aromatic carbocycles. The van der Waals surface area contributed by atoms with Gasteiger partial charge in [-0.15, -0.1) is 24.0 Å². The zero-order valence-corrected chi connectivity index (χ0v) is 19.6. The van der Waals surface area contributed by atoms with E-state index in [1.807, 2.05) is 0 Å². The summed E-state index contributed by atoms with van der Waals surface area (Å²) in [6, 6.07) is 8.90. The lowest BCUT2D eigenvalue weighted by molar-refractivity contribution is -0.134. The molecule has 0 spiro atoms. The summed E-state index contributed by atoms with van der Waals surface area (Å²) in [7, 11) is 0. The van der Waals surface area contributed by atoms with Crippen molar-refractivity contribution in [3.63, 3.8) is 0 Å². The first-order valence-electron chi connectivity index (χ1n) is 10.5. The lowest BCUT2D eigenvalue weighted by Crippen LogP contribution is -2.45. The molecule has 28 heavy (non-hydrogen) atoms. The number of nitrogens with one attached hydrogen (secondary N) is 2. The van der Waals surface area contributed by atoms with Gasteiger partial charge in [0.15, 0.2) is 5.96 Å². The third-order valence-corrected chi connectivity index (χ3v) is 5.64. The van der Waals surface area contributed by atoms with Gasteiger partial charge < -0.3 is 15.5 Å². The summed E-state index contributed by atoms with van der Waals surface area (Å²) in [6.07, 6.45) is 6.52. The molecule has 1 unspecified atom stereocenters. The van der Waals surface area contributed by atoms with E-state index in [2.05, 4.69) is 53.6 Å². The Bertz CT molecular complexity index is 658. The molecule has 1 aliphatic heterocycles. The number of carbonyl (C=O) groups excluding carboxylic acids is 1. The highest BCUT2D eigenvalue weighted by molar-refractivity contribution is 14.0. The first-order chi connectivity index (χ1) is 13.2. The molecule has 1 heterocycles. The number of aliphatic imine (C=N–C) groups is 1. The Kier molecular flexibility index (Phi) is 9.55. The molecule has 5 nitrogen and oxygen atoms in total. The first-order valence-corrected chi connectivity index (χ1v) is 10.5. The number of likely N-dealkylation sites (tertiary alicyclic amines) is 1. The van der Waals surface area contributed by atoms with E-state index in [1.165, 1.54) is 24.0 Å². The predicted molar refractivity (Wildman–Crippen MR) is 126 cm³/mol. The fourth-order valence-electron chi connectivity index (χ4n) is 4.19. The molecular weight excluding hydrogens is 463 g/mol. The highest BCUT2D eigenvalue weighted by Crippen LogP contribution is 2.27. The van der Waals surface area contributed by atoms with Crippen molar-refractivity contribution in [2.75, 3.05) is 26.2 Å². The Balaban J connectivity index is 0.00000280. The van der Waals surface area contributed by atoms with Gasteiger partial charge in [0.05, 0.1) is 0 Å². The maximum absolute atomic E-state index is 12.6. The fraction of sp³-hybridized carbons (Fsp3) is 0.636. The normalized spacial score (nSPS) is 20.1. The smallest absolute Gasteiger partial charge is 0.225 e. The quantitative estimate of drug-likeness (QED) is 0.359. The van der Waals surface area contributed by atoms with Gasteiger partial charge in [-0.25, -0.2) is 0 Å². The standard InChI is InChI=1S/C22H34N4O.HI/c1-3-23-22(24-13-11-18-8-6-7-17(2)15-18)25-20-12-14-26(16-20)21(27)19-9-4-5-10-19;/h6-8,15,19-20H,3-5,9-14,16H2,1-2H3,(H2,23,24,25);1H. The van der Waals surface area contributed by atoms with Crippen LogP contribution >= 0.6 is 24.0 Å². The zero-order chi connectivity index (χ0) is 19.1. The maximum Gasteiger partial charge on any atom is 0.225 e. The van der Waals surface area contributed by atoms with Gasteiger partial charge in [0, 0.05) is 38.1 Å². The van der Waals surface area contributed by atoms with Crippen molar-refractivity contribution in [1.29, 1.82) is 0 Å². The van der Waals surface area contributed by atoms with Gasteiger partial charge >= 0.3 is 0 Å². The van der Waals surface area contributed by atoms with Gasteiger partial charge in [0.2, 0.25) is 5.91 Å². The zero-order valence-electron chi connectivity index (χ0n) is 17.2. The summed E-state index contributed by atoms with van der Waals surface area (Å²) in [5.41, 5.74) is 2.61. The summed E-state index contributed by atoms with van der Waals surface area (Å²) >= 11 is 0. The van der Waals surface area contributed by atoms with Crippen molar-refractivity contribution < 1.29 is 4.79 Å². The van der Waals surface area contributed by atoms with Gasteiger partial charge in [0.1, 0.15) is 0 Å². The molecular formula is C22H35IN4O. The first kappa shape index (κ1) is 23.0. The third-order valence-electron chi connectivity index (χ3n) is 5.64. The number of rotatable bonds is 6. The van der Waals surface area contributed by atoms with E-state index >= 15 is 0 Å². The molecule has 2 aliphatic rings. The second-order valence-corrected chi connectivity index (χ2v) is 7.90. The number of nitrogens with zero attached hydrogens (tertiary/aromatic N) is 2. The lowest BCUT2D eigenvalue weighted by Gasteiger charge is -2.21. The van der Waals surface area contributed by atoms with Crippen LogP contribution in [0.15, 0.2) is 29.3 Å². The number of benzene rings is 1. The van der Waals surface area contributed by atoms with Gasteiger partial charge in [-0.05, 0) is 45.1 Å². The van der Waals surface area contributed by atoms with Crippen LogP contribution in [0.1, 0.15) is 50.2 Å². The minimum atomic E-state index is 0. The summed E-state index contributed by atoms with van der Waals surface area (Å²) < 4.78 is 0. The number of hydrogen-bond acceptors (Lipinski definition) is 2. The van der Waals surface area contributed by atoms with E-state index in [4.69, 9.17) is 4.99 Å².